The number of nitrogen functional groups attached to an aromatic ring is 1. The third kappa shape index (κ3) is 2.27. The lowest BCUT2D eigenvalue weighted by Crippen LogP contribution is -2.14. The first-order valence-electron chi connectivity index (χ1n) is 3.86. The molecule has 0 unspecified atom stereocenters. The third-order valence-corrected chi connectivity index (χ3v) is 1.47. The van der Waals surface area contributed by atoms with Gasteiger partial charge in [0.05, 0.1) is 6.61 Å². The summed E-state index contributed by atoms with van der Waals surface area (Å²) in [6, 6.07) is 0.655. The van der Waals surface area contributed by atoms with Crippen LogP contribution < -0.4 is 16.6 Å². The molecule has 1 aromatic rings. The fourth-order valence-corrected chi connectivity index (χ4v) is 0.866. The van der Waals surface area contributed by atoms with Crippen molar-refractivity contribution in [2.24, 2.45) is 5.84 Å². The van der Waals surface area contributed by atoms with Gasteiger partial charge in [-0.2, -0.15) is 0 Å². The second-order valence-electron chi connectivity index (χ2n) is 2.44. The molecular formula is C7H10F2N4O. The van der Waals surface area contributed by atoms with E-state index in [9.17, 15) is 8.78 Å². The van der Waals surface area contributed by atoms with E-state index in [0.29, 0.717) is 6.07 Å². The van der Waals surface area contributed by atoms with Crippen molar-refractivity contribution in [3.63, 3.8) is 0 Å². The monoisotopic (exact) mass is 204 g/mol. The summed E-state index contributed by atoms with van der Waals surface area (Å²) >= 11 is 0. The summed E-state index contributed by atoms with van der Waals surface area (Å²) in [6.45, 7) is -0.0521. The number of aliphatic hydroxyl groups is 1. The Balaban J connectivity index is 2.92. The summed E-state index contributed by atoms with van der Waals surface area (Å²) < 4.78 is 25.8. The molecule has 0 spiro atoms. The van der Waals surface area contributed by atoms with Gasteiger partial charge in [-0.25, -0.2) is 19.6 Å². The molecule has 0 saturated carbocycles. The quantitative estimate of drug-likeness (QED) is 0.411. The molecule has 5 nitrogen and oxygen atoms in total. The van der Waals surface area contributed by atoms with Crippen LogP contribution in [0.1, 0.15) is 0 Å². The van der Waals surface area contributed by atoms with Gasteiger partial charge in [0.1, 0.15) is 0 Å². The van der Waals surface area contributed by atoms with E-state index in [1.165, 1.54) is 0 Å². The van der Waals surface area contributed by atoms with Gasteiger partial charge in [-0.3, -0.25) is 0 Å². The maximum Gasteiger partial charge on any atom is 0.178 e. The normalized spacial score (nSPS) is 10.0. The van der Waals surface area contributed by atoms with E-state index in [1.807, 2.05) is 5.43 Å². The number of hydrogen-bond donors (Lipinski definition) is 4. The van der Waals surface area contributed by atoms with Crippen molar-refractivity contribution in [2.75, 3.05) is 23.9 Å². The third-order valence-electron chi connectivity index (χ3n) is 1.47. The second kappa shape index (κ2) is 4.68. The van der Waals surface area contributed by atoms with Gasteiger partial charge in [-0.15, -0.1) is 0 Å². The Kier molecular flexibility index (Phi) is 3.55. The van der Waals surface area contributed by atoms with E-state index < -0.39 is 11.6 Å². The molecule has 5 N–H and O–H groups in total. The predicted molar refractivity (Wildman–Crippen MR) is 47.5 cm³/mol. The summed E-state index contributed by atoms with van der Waals surface area (Å²) in [6.07, 6.45) is 0. The lowest BCUT2D eigenvalue weighted by Gasteiger charge is -2.07. The van der Waals surface area contributed by atoms with E-state index >= 15 is 0 Å². The maximum atomic E-state index is 13.0. The molecule has 0 saturated heterocycles. The van der Waals surface area contributed by atoms with E-state index in [-0.39, 0.29) is 24.8 Å². The van der Waals surface area contributed by atoms with E-state index in [0.717, 1.165) is 0 Å². The number of halogens is 2. The SMILES string of the molecule is NNc1nc(NCCO)c(F)cc1F. The summed E-state index contributed by atoms with van der Waals surface area (Å²) in [5, 5.41) is 10.9. The highest BCUT2D eigenvalue weighted by Crippen LogP contribution is 2.17. The molecule has 7 heteroatoms. The topological polar surface area (TPSA) is 83.2 Å². The molecule has 0 aliphatic carbocycles. The van der Waals surface area contributed by atoms with Crippen molar-refractivity contribution in [3.05, 3.63) is 17.7 Å². The first kappa shape index (κ1) is 10.6. The standard InChI is InChI=1S/C7H10F2N4O/c8-4-3-5(9)7(13-10)12-6(4)11-1-2-14/h3,14H,1-2,10H2,(H2,11,12,13). The lowest BCUT2D eigenvalue weighted by atomic mass is 10.4. The molecule has 1 heterocycles. The zero-order valence-electron chi connectivity index (χ0n) is 7.22. The van der Waals surface area contributed by atoms with Crippen molar-refractivity contribution in [3.8, 4) is 0 Å². The van der Waals surface area contributed by atoms with Gasteiger partial charge in [0.2, 0.25) is 0 Å². The van der Waals surface area contributed by atoms with Crippen LogP contribution in [0, 0.1) is 11.6 Å². The van der Waals surface area contributed by atoms with Crippen molar-refractivity contribution in [1.29, 1.82) is 0 Å². The summed E-state index contributed by atoms with van der Waals surface area (Å²) in [7, 11) is 0. The zero-order valence-corrected chi connectivity index (χ0v) is 7.22. The number of nitrogens with one attached hydrogen (secondary N) is 2. The Morgan fingerprint density at radius 2 is 2.00 bits per heavy atom. The van der Waals surface area contributed by atoms with Crippen molar-refractivity contribution in [1.82, 2.24) is 4.98 Å². The van der Waals surface area contributed by atoms with Gasteiger partial charge in [-0.1, -0.05) is 0 Å². The number of hydrazine groups is 1. The van der Waals surface area contributed by atoms with Gasteiger partial charge >= 0.3 is 0 Å². The zero-order chi connectivity index (χ0) is 10.6. The van der Waals surface area contributed by atoms with Crippen LogP contribution in [0.2, 0.25) is 0 Å². The van der Waals surface area contributed by atoms with Crippen LogP contribution in [0.3, 0.4) is 0 Å². The number of nitrogens with zero attached hydrogens (tertiary/aromatic N) is 1. The van der Waals surface area contributed by atoms with E-state index in [1.54, 1.807) is 0 Å². The van der Waals surface area contributed by atoms with Crippen molar-refractivity contribution >= 4 is 11.6 Å². The molecule has 1 aromatic heterocycles. The molecule has 1 rings (SSSR count). The number of nitrogens with two attached hydrogens (primary N) is 1. The largest absolute Gasteiger partial charge is 0.395 e. The number of rotatable bonds is 4. The Hall–Kier alpha value is -1.47. The molecule has 0 atom stereocenters. The average Bonchev–Trinajstić information content (AvgIpc) is 2.17. The number of anilines is 2. The molecule has 0 radical (unpaired) electrons. The molecule has 0 bridgehead atoms. The summed E-state index contributed by atoms with van der Waals surface area (Å²) in [4.78, 5) is 3.52. The van der Waals surface area contributed by atoms with Gasteiger partial charge in [-0.05, 0) is 0 Å². The predicted octanol–water partition coefficient (Wildman–Crippen LogP) is 0.0496. The molecule has 0 aliphatic heterocycles. The Bertz CT molecular complexity index is 321. The van der Waals surface area contributed by atoms with Crippen LogP contribution in [0.15, 0.2) is 6.07 Å². The number of aromatic nitrogens is 1. The number of aliphatic hydroxyl groups excluding tert-OH is 1. The van der Waals surface area contributed by atoms with Crippen LogP contribution >= 0.6 is 0 Å². The lowest BCUT2D eigenvalue weighted by molar-refractivity contribution is 0.310. The minimum atomic E-state index is -0.875. The number of pyridine rings is 1. The van der Waals surface area contributed by atoms with Gasteiger partial charge in [0.15, 0.2) is 23.3 Å². The van der Waals surface area contributed by atoms with Gasteiger partial charge in [0.25, 0.3) is 0 Å². The first-order chi connectivity index (χ1) is 6.69. The Morgan fingerprint density at radius 3 is 2.57 bits per heavy atom. The highest BCUT2D eigenvalue weighted by atomic mass is 19.1. The molecule has 0 aromatic carbocycles. The Labute approximate surface area is 78.9 Å². The maximum absolute atomic E-state index is 13.0. The molecule has 14 heavy (non-hydrogen) atoms. The van der Waals surface area contributed by atoms with Crippen molar-refractivity contribution in [2.45, 2.75) is 0 Å². The van der Waals surface area contributed by atoms with E-state index in [2.05, 4.69) is 10.3 Å². The number of hydrogen-bond acceptors (Lipinski definition) is 5. The summed E-state index contributed by atoms with van der Waals surface area (Å²) in [5.41, 5.74) is 1.98. The first-order valence-corrected chi connectivity index (χ1v) is 3.86. The fourth-order valence-electron chi connectivity index (χ4n) is 0.866. The molecular weight excluding hydrogens is 194 g/mol. The van der Waals surface area contributed by atoms with Gasteiger partial charge in [0, 0.05) is 12.6 Å². The van der Waals surface area contributed by atoms with Crippen LogP contribution in [-0.2, 0) is 0 Å². The molecule has 78 valence electrons. The average molecular weight is 204 g/mol. The van der Waals surface area contributed by atoms with Crippen LogP contribution in [0.5, 0.6) is 0 Å². The van der Waals surface area contributed by atoms with Gasteiger partial charge < -0.3 is 15.8 Å². The molecule has 0 amide bonds. The van der Waals surface area contributed by atoms with Crippen LogP contribution in [0.4, 0.5) is 20.4 Å². The van der Waals surface area contributed by atoms with Crippen LogP contribution in [-0.4, -0.2) is 23.2 Å². The summed E-state index contributed by atoms with van der Waals surface area (Å²) in [5.74, 6) is 2.82. The minimum absolute atomic E-state index is 0.125. The molecule has 0 aliphatic rings. The van der Waals surface area contributed by atoms with Crippen LogP contribution in [0.25, 0.3) is 0 Å². The smallest absolute Gasteiger partial charge is 0.178 e. The fraction of sp³-hybridized carbons (Fsp3) is 0.286. The Morgan fingerprint density at radius 1 is 1.36 bits per heavy atom. The minimum Gasteiger partial charge on any atom is -0.395 e. The molecule has 0 fully saturated rings. The highest BCUT2D eigenvalue weighted by molar-refractivity contribution is 5.46. The highest BCUT2D eigenvalue weighted by Gasteiger charge is 2.10. The second-order valence-corrected chi connectivity index (χ2v) is 2.44. The van der Waals surface area contributed by atoms with E-state index in [4.69, 9.17) is 10.9 Å². The van der Waals surface area contributed by atoms with Crippen molar-refractivity contribution < 1.29 is 13.9 Å².